The summed E-state index contributed by atoms with van der Waals surface area (Å²) in [5.41, 5.74) is 0. The van der Waals surface area contributed by atoms with Crippen molar-refractivity contribution in [3.8, 4) is 0 Å². The molecule has 4 rings (SSSR count). The van der Waals surface area contributed by atoms with Gasteiger partial charge in [0.05, 0.1) is 5.02 Å². The van der Waals surface area contributed by atoms with E-state index in [1.54, 1.807) is 12.1 Å². The summed E-state index contributed by atoms with van der Waals surface area (Å²) in [5, 5.41) is 0.208. The monoisotopic (exact) mass is 474 g/mol. The van der Waals surface area contributed by atoms with Gasteiger partial charge in [0.1, 0.15) is 4.90 Å². The highest BCUT2D eigenvalue weighted by atomic mass is 79.9. The molecule has 1 heterocycles. The van der Waals surface area contributed by atoms with E-state index >= 15 is 0 Å². The molecule has 1 aromatic rings. The van der Waals surface area contributed by atoms with E-state index in [4.69, 9.17) is 11.6 Å². The van der Waals surface area contributed by atoms with E-state index in [0.29, 0.717) is 38.5 Å². The number of rotatable bonds is 4. The predicted molar refractivity (Wildman–Crippen MR) is 108 cm³/mol. The lowest BCUT2D eigenvalue weighted by molar-refractivity contribution is -0.133. The molecule has 0 radical (unpaired) electrons. The number of piperazine rings is 1. The summed E-state index contributed by atoms with van der Waals surface area (Å²) in [5.74, 6) is 2.30. The molecule has 2 bridgehead atoms. The highest BCUT2D eigenvalue weighted by Gasteiger charge is 2.41. The highest BCUT2D eigenvalue weighted by molar-refractivity contribution is 9.10. The molecule has 0 spiro atoms. The van der Waals surface area contributed by atoms with Crippen molar-refractivity contribution in [1.29, 1.82) is 0 Å². The first kappa shape index (κ1) is 19.7. The largest absolute Gasteiger partial charge is 0.340 e. The van der Waals surface area contributed by atoms with Gasteiger partial charge in [-0.25, -0.2) is 8.42 Å². The van der Waals surface area contributed by atoms with Gasteiger partial charge in [-0.15, -0.1) is 0 Å². The highest BCUT2D eigenvalue weighted by Crippen LogP contribution is 2.49. The number of benzene rings is 1. The van der Waals surface area contributed by atoms with Crippen molar-refractivity contribution < 1.29 is 13.2 Å². The maximum absolute atomic E-state index is 12.9. The molecular weight excluding hydrogens is 452 g/mol. The maximum atomic E-state index is 12.9. The molecule has 3 aliphatic rings. The number of hydrogen-bond acceptors (Lipinski definition) is 3. The summed E-state index contributed by atoms with van der Waals surface area (Å²) in [6.45, 7) is 1.54. The minimum atomic E-state index is -3.65. The van der Waals surface area contributed by atoms with E-state index in [1.165, 1.54) is 36.1 Å². The normalized spacial score (nSPS) is 28.7. The van der Waals surface area contributed by atoms with Gasteiger partial charge in [0.25, 0.3) is 0 Å². The topological polar surface area (TPSA) is 57.7 Å². The standard InChI is InChI=1S/C19H24BrClN2O3S/c20-16-3-4-18(17(21)12-16)27(25,26)23-7-5-22(6-8-23)19(24)11-15-10-13-1-2-14(15)9-13/h3-4,12-15H,1-2,5-11H2/t13-,14-,15-/m0/s1. The number of amides is 1. The molecule has 1 aliphatic heterocycles. The first-order chi connectivity index (χ1) is 12.8. The minimum absolute atomic E-state index is 0.120. The Hall–Kier alpha value is -0.630. The zero-order chi connectivity index (χ0) is 19.2. The summed E-state index contributed by atoms with van der Waals surface area (Å²) in [7, 11) is -3.65. The second kappa shape index (κ2) is 7.65. The van der Waals surface area contributed by atoms with Crippen LogP contribution < -0.4 is 0 Å². The first-order valence-corrected chi connectivity index (χ1v) is 12.2. The van der Waals surface area contributed by atoms with E-state index in [9.17, 15) is 13.2 Å². The van der Waals surface area contributed by atoms with Crippen LogP contribution in [0.1, 0.15) is 32.1 Å². The number of carbonyl (C=O) groups excluding carboxylic acids is 1. The van der Waals surface area contributed by atoms with Gasteiger partial charge in [-0.1, -0.05) is 34.0 Å². The SMILES string of the molecule is O=C(C[C@@H]1C[C@H]2CC[C@H]1C2)N1CCN(S(=O)(=O)c2ccc(Br)cc2Cl)CC1. The Morgan fingerprint density at radius 1 is 1.15 bits per heavy atom. The third kappa shape index (κ3) is 3.93. The molecule has 3 atom stereocenters. The van der Waals surface area contributed by atoms with Crippen molar-refractivity contribution in [2.24, 2.45) is 17.8 Å². The second-order valence-corrected chi connectivity index (χ2v) is 11.2. The van der Waals surface area contributed by atoms with Crippen LogP contribution in [0.3, 0.4) is 0 Å². The Bertz CT molecular complexity index is 839. The molecule has 1 amide bonds. The molecule has 0 aromatic heterocycles. The Morgan fingerprint density at radius 2 is 1.89 bits per heavy atom. The lowest BCUT2D eigenvalue weighted by Gasteiger charge is -2.35. The molecule has 2 aliphatic carbocycles. The van der Waals surface area contributed by atoms with Crippen LogP contribution in [-0.4, -0.2) is 49.7 Å². The Labute approximate surface area is 174 Å². The molecule has 0 N–H and O–H groups in total. The number of hydrogen-bond donors (Lipinski definition) is 0. The van der Waals surface area contributed by atoms with Crippen LogP contribution in [0.5, 0.6) is 0 Å². The van der Waals surface area contributed by atoms with Crippen LogP contribution in [-0.2, 0) is 14.8 Å². The summed E-state index contributed by atoms with van der Waals surface area (Å²) in [6.07, 6.45) is 5.75. The van der Waals surface area contributed by atoms with Gasteiger partial charge in [-0.05, 0) is 55.2 Å². The van der Waals surface area contributed by atoms with E-state index < -0.39 is 10.0 Å². The van der Waals surface area contributed by atoms with Gasteiger partial charge < -0.3 is 4.90 Å². The number of sulfonamides is 1. The van der Waals surface area contributed by atoms with Crippen molar-refractivity contribution in [3.63, 3.8) is 0 Å². The molecular formula is C19H24BrClN2O3S. The fraction of sp³-hybridized carbons (Fsp3) is 0.632. The van der Waals surface area contributed by atoms with Crippen molar-refractivity contribution in [2.75, 3.05) is 26.2 Å². The average molecular weight is 476 g/mol. The maximum Gasteiger partial charge on any atom is 0.244 e. The van der Waals surface area contributed by atoms with Crippen LogP contribution in [0, 0.1) is 17.8 Å². The molecule has 8 heteroatoms. The molecule has 3 fully saturated rings. The predicted octanol–water partition coefficient (Wildman–Crippen LogP) is 3.76. The second-order valence-electron chi connectivity index (χ2n) is 8.00. The molecule has 5 nitrogen and oxygen atoms in total. The molecule has 27 heavy (non-hydrogen) atoms. The average Bonchev–Trinajstić information content (AvgIpc) is 3.24. The Kier molecular flexibility index (Phi) is 5.58. The first-order valence-electron chi connectivity index (χ1n) is 9.57. The van der Waals surface area contributed by atoms with Gasteiger partial charge in [0.2, 0.25) is 15.9 Å². The van der Waals surface area contributed by atoms with Crippen molar-refractivity contribution >= 4 is 43.5 Å². The van der Waals surface area contributed by atoms with Crippen LogP contribution in [0.15, 0.2) is 27.6 Å². The van der Waals surface area contributed by atoms with E-state index in [-0.39, 0.29) is 15.8 Å². The summed E-state index contributed by atoms with van der Waals surface area (Å²) in [6, 6.07) is 4.78. The van der Waals surface area contributed by atoms with Crippen molar-refractivity contribution in [2.45, 2.75) is 37.0 Å². The molecule has 2 saturated carbocycles. The van der Waals surface area contributed by atoms with E-state index in [1.807, 2.05) is 4.90 Å². The number of halogens is 2. The van der Waals surface area contributed by atoms with Gasteiger partial charge in [0, 0.05) is 37.1 Å². The third-order valence-electron chi connectivity index (χ3n) is 6.42. The molecule has 0 unspecified atom stereocenters. The number of nitrogens with zero attached hydrogens (tertiary/aromatic N) is 2. The smallest absolute Gasteiger partial charge is 0.244 e. The lowest BCUT2D eigenvalue weighted by atomic mass is 9.86. The molecule has 148 valence electrons. The van der Waals surface area contributed by atoms with Crippen LogP contribution in [0.2, 0.25) is 5.02 Å². The van der Waals surface area contributed by atoms with Crippen molar-refractivity contribution in [3.05, 3.63) is 27.7 Å². The van der Waals surface area contributed by atoms with E-state index in [0.717, 1.165) is 16.3 Å². The van der Waals surface area contributed by atoms with Gasteiger partial charge in [0.15, 0.2) is 0 Å². The van der Waals surface area contributed by atoms with Gasteiger partial charge in [-0.3, -0.25) is 4.79 Å². The Balaban J connectivity index is 1.36. The molecule has 1 saturated heterocycles. The quantitative estimate of drug-likeness (QED) is 0.666. The lowest BCUT2D eigenvalue weighted by Crippen LogP contribution is -2.50. The fourth-order valence-corrected chi connectivity index (χ4v) is 7.41. The van der Waals surface area contributed by atoms with Crippen LogP contribution in [0.4, 0.5) is 0 Å². The van der Waals surface area contributed by atoms with Crippen LogP contribution in [0.25, 0.3) is 0 Å². The number of carbonyl (C=O) groups is 1. The fourth-order valence-electron chi connectivity index (χ4n) is 4.98. The summed E-state index contributed by atoms with van der Waals surface area (Å²) in [4.78, 5) is 14.6. The van der Waals surface area contributed by atoms with Crippen LogP contribution >= 0.6 is 27.5 Å². The molecule has 1 aromatic carbocycles. The Morgan fingerprint density at radius 3 is 2.48 bits per heavy atom. The zero-order valence-electron chi connectivity index (χ0n) is 15.1. The number of fused-ring (bicyclic) bond motifs is 2. The minimum Gasteiger partial charge on any atom is -0.340 e. The van der Waals surface area contributed by atoms with E-state index in [2.05, 4.69) is 15.9 Å². The third-order valence-corrected chi connectivity index (χ3v) is 9.30. The summed E-state index contributed by atoms with van der Waals surface area (Å²) >= 11 is 9.43. The van der Waals surface area contributed by atoms with Gasteiger partial charge in [-0.2, -0.15) is 4.31 Å². The van der Waals surface area contributed by atoms with Crippen molar-refractivity contribution in [1.82, 2.24) is 9.21 Å². The van der Waals surface area contributed by atoms with Gasteiger partial charge >= 0.3 is 0 Å². The zero-order valence-corrected chi connectivity index (χ0v) is 18.3. The summed E-state index contributed by atoms with van der Waals surface area (Å²) < 4.78 is 27.9.